The van der Waals surface area contributed by atoms with E-state index < -0.39 is 0 Å². The number of hydrogen-bond donors (Lipinski definition) is 0. The summed E-state index contributed by atoms with van der Waals surface area (Å²) in [6, 6.07) is 0. The second-order valence-corrected chi connectivity index (χ2v) is 2.37. The summed E-state index contributed by atoms with van der Waals surface area (Å²) in [7, 11) is 0. The zero-order valence-corrected chi connectivity index (χ0v) is 5.96. The third-order valence-electron chi connectivity index (χ3n) is 1.59. The first-order valence-electron chi connectivity index (χ1n) is 3.42. The lowest BCUT2D eigenvalue weighted by molar-refractivity contribution is -0.144. The van der Waals surface area contributed by atoms with Gasteiger partial charge in [-0.2, -0.15) is 0 Å². The van der Waals surface area contributed by atoms with Gasteiger partial charge in [0, 0.05) is 5.92 Å². The molecule has 0 heterocycles. The van der Waals surface area contributed by atoms with E-state index in [2.05, 4.69) is 5.92 Å². The Bertz CT molecular complexity index is 178. The molecule has 0 aliphatic heterocycles. The lowest BCUT2D eigenvalue weighted by Crippen LogP contribution is -2.06. The summed E-state index contributed by atoms with van der Waals surface area (Å²) in [6.07, 6.45) is 5.92. The molecule has 1 aliphatic rings. The van der Waals surface area contributed by atoms with Crippen LogP contribution in [0.25, 0.3) is 0 Å². The molecule has 0 unspecified atom stereocenters. The molecule has 0 bridgehead atoms. The van der Waals surface area contributed by atoms with Crippen molar-refractivity contribution in [3.63, 3.8) is 0 Å². The monoisotopic (exact) mass is 138 g/mol. The van der Waals surface area contributed by atoms with Crippen LogP contribution >= 0.6 is 0 Å². The van der Waals surface area contributed by atoms with Gasteiger partial charge in [-0.25, -0.2) is 0 Å². The van der Waals surface area contributed by atoms with Gasteiger partial charge in [0.2, 0.25) is 0 Å². The van der Waals surface area contributed by atoms with Gasteiger partial charge in [0.1, 0.15) is 0 Å². The lowest BCUT2D eigenvalue weighted by atomic mass is 10.3. The second kappa shape index (κ2) is 2.74. The van der Waals surface area contributed by atoms with Crippen LogP contribution in [-0.2, 0) is 9.53 Å². The Morgan fingerprint density at radius 1 is 1.90 bits per heavy atom. The predicted molar refractivity (Wildman–Crippen MR) is 37.1 cm³/mol. The molecule has 0 saturated heterocycles. The molecule has 2 atom stereocenters. The van der Waals surface area contributed by atoms with E-state index in [1.54, 1.807) is 6.92 Å². The zero-order chi connectivity index (χ0) is 7.56. The number of ether oxygens (including phenoxy) is 1. The van der Waals surface area contributed by atoms with E-state index in [0.29, 0.717) is 6.61 Å². The first-order chi connectivity index (χ1) is 4.79. The quantitative estimate of drug-likeness (QED) is 0.417. The topological polar surface area (TPSA) is 26.3 Å². The molecule has 10 heavy (non-hydrogen) atoms. The highest BCUT2D eigenvalue weighted by atomic mass is 16.5. The molecular weight excluding hydrogens is 128 g/mol. The molecule has 0 aromatic heterocycles. The van der Waals surface area contributed by atoms with Crippen molar-refractivity contribution in [1.29, 1.82) is 0 Å². The van der Waals surface area contributed by atoms with Crippen molar-refractivity contribution in [2.24, 2.45) is 11.8 Å². The van der Waals surface area contributed by atoms with Crippen LogP contribution in [0.4, 0.5) is 0 Å². The Morgan fingerprint density at radius 2 is 2.60 bits per heavy atom. The van der Waals surface area contributed by atoms with Crippen molar-refractivity contribution in [3.8, 4) is 12.3 Å². The Balaban J connectivity index is 2.27. The standard InChI is InChI=1S/C8H10O2/c1-3-6-5-7(6)8(9)10-4-2/h1,6-7H,4-5H2,2H3/t6-,7-/m1/s1. The Morgan fingerprint density at radius 3 is 3.00 bits per heavy atom. The van der Waals surface area contributed by atoms with E-state index in [0.717, 1.165) is 6.42 Å². The SMILES string of the molecule is C#C[C@@H]1C[C@H]1C(=O)OCC. The average molecular weight is 138 g/mol. The maximum Gasteiger partial charge on any atom is 0.310 e. The normalized spacial score (nSPS) is 28.8. The number of carbonyl (C=O) groups is 1. The van der Waals surface area contributed by atoms with Crippen molar-refractivity contribution in [1.82, 2.24) is 0 Å². The molecule has 0 radical (unpaired) electrons. The third kappa shape index (κ3) is 1.30. The number of terminal acetylenes is 1. The molecular formula is C8H10O2. The summed E-state index contributed by atoms with van der Waals surface area (Å²) < 4.78 is 4.76. The van der Waals surface area contributed by atoms with Gasteiger partial charge >= 0.3 is 5.97 Å². The van der Waals surface area contributed by atoms with Crippen LogP contribution in [0, 0.1) is 24.2 Å². The number of esters is 1. The summed E-state index contributed by atoms with van der Waals surface area (Å²) in [5.41, 5.74) is 0. The van der Waals surface area contributed by atoms with Crippen LogP contribution in [-0.4, -0.2) is 12.6 Å². The molecule has 2 heteroatoms. The van der Waals surface area contributed by atoms with Gasteiger partial charge in [-0.15, -0.1) is 12.3 Å². The van der Waals surface area contributed by atoms with E-state index in [1.807, 2.05) is 0 Å². The first kappa shape index (κ1) is 7.14. The van der Waals surface area contributed by atoms with E-state index in [1.165, 1.54) is 0 Å². The summed E-state index contributed by atoms with van der Waals surface area (Å²) in [4.78, 5) is 10.9. The number of carbonyl (C=O) groups excluding carboxylic acids is 1. The third-order valence-corrected chi connectivity index (χ3v) is 1.59. The Labute approximate surface area is 60.6 Å². The van der Waals surface area contributed by atoms with E-state index in [-0.39, 0.29) is 17.8 Å². The van der Waals surface area contributed by atoms with Crippen LogP contribution in [0.1, 0.15) is 13.3 Å². The Hall–Kier alpha value is -0.970. The van der Waals surface area contributed by atoms with Gasteiger partial charge < -0.3 is 4.74 Å². The summed E-state index contributed by atoms with van der Waals surface area (Å²) in [6.45, 7) is 2.25. The van der Waals surface area contributed by atoms with Gasteiger partial charge in [0.25, 0.3) is 0 Å². The maximum absolute atomic E-state index is 10.9. The second-order valence-electron chi connectivity index (χ2n) is 2.37. The van der Waals surface area contributed by atoms with Crippen LogP contribution < -0.4 is 0 Å². The highest BCUT2D eigenvalue weighted by molar-refractivity contribution is 5.76. The minimum absolute atomic E-state index is 0.00458. The van der Waals surface area contributed by atoms with Crippen LogP contribution in [0.15, 0.2) is 0 Å². The minimum Gasteiger partial charge on any atom is -0.466 e. The molecule has 2 nitrogen and oxygen atoms in total. The van der Waals surface area contributed by atoms with Crippen LogP contribution in [0.5, 0.6) is 0 Å². The zero-order valence-electron chi connectivity index (χ0n) is 5.96. The van der Waals surface area contributed by atoms with Gasteiger partial charge in [0.05, 0.1) is 12.5 Å². The molecule has 0 amide bonds. The molecule has 0 spiro atoms. The molecule has 54 valence electrons. The van der Waals surface area contributed by atoms with Crippen LogP contribution in [0.3, 0.4) is 0 Å². The van der Waals surface area contributed by atoms with E-state index in [4.69, 9.17) is 11.2 Å². The van der Waals surface area contributed by atoms with Crippen molar-refractivity contribution in [2.75, 3.05) is 6.61 Å². The highest BCUT2D eigenvalue weighted by Crippen LogP contribution is 2.38. The smallest absolute Gasteiger partial charge is 0.310 e. The fraction of sp³-hybridized carbons (Fsp3) is 0.625. The minimum atomic E-state index is -0.134. The highest BCUT2D eigenvalue weighted by Gasteiger charge is 2.42. The molecule has 1 aliphatic carbocycles. The molecule has 1 saturated carbocycles. The van der Waals surface area contributed by atoms with Crippen molar-refractivity contribution < 1.29 is 9.53 Å². The largest absolute Gasteiger partial charge is 0.466 e. The fourth-order valence-electron chi connectivity index (χ4n) is 0.889. The molecule has 0 aromatic rings. The molecule has 0 aromatic carbocycles. The van der Waals surface area contributed by atoms with E-state index in [9.17, 15) is 4.79 Å². The predicted octanol–water partition coefficient (Wildman–Crippen LogP) is 0.819. The van der Waals surface area contributed by atoms with Gasteiger partial charge in [0.15, 0.2) is 0 Å². The molecule has 1 fully saturated rings. The van der Waals surface area contributed by atoms with Crippen molar-refractivity contribution in [2.45, 2.75) is 13.3 Å². The van der Waals surface area contributed by atoms with Crippen molar-refractivity contribution >= 4 is 5.97 Å². The maximum atomic E-state index is 10.9. The van der Waals surface area contributed by atoms with Gasteiger partial charge in [-0.3, -0.25) is 4.79 Å². The summed E-state index contributed by atoms with van der Waals surface area (Å²) in [5.74, 6) is 2.55. The van der Waals surface area contributed by atoms with E-state index >= 15 is 0 Å². The Kier molecular flexibility index (Phi) is 1.96. The fourth-order valence-corrected chi connectivity index (χ4v) is 0.889. The molecule has 0 N–H and O–H groups in total. The molecule has 1 rings (SSSR count). The van der Waals surface area contributed by atoms with Gasteiger partial charge in [-0.05, 0) is 13.3 Å². The first-order valence-corrected chi connectivity index (χ1v) is 3.42. The summed E-state index contributed by atoms with van der Waals surface area (Å²) in [5, 5.41) is 0. The van der Waals surface area contributed by atoms with Crippen molar-refractivity contribution in [3.05, 3.63) is 0 Å². The van der Waals surface area contributed by atoms with Crippen LogP contribution in [0.2, 0.25) is 0 Å². The number of hydrogen-bond acceptors (Lipinski definition) is 2. The summed E-state index contributed by atoms with van der Waals surface area (Å²) >= 11 is 0. The number of rotatable bonds is 2. The average Bonchev–Trinajstić information content (AvgIpc) is 2.66. The lowest BCUT2D eigenvalue weighted by Gasteiger charge is -1.96. The van der Waals surface area contributed by atoms with Gasteiger partial charge in [-0.1, -0.05) is 0 Å².